The molecule has 0 aromatic carbocycles. The van der Waals surface area contributed by atoms with Crippen LogP contribution in [0.2, 0.25) is 0 Å². The molecule has 0 radical (unpaired) electrons. The summed E-state index contributed by atoms with van der Waals surface area (Å²) in [4.78, 5) is 40.3. The maximum absolute atomic E-state index is 13.1. The Balaban J connectivity index is 1.60. The van der Waals surface area contributed by atoms with Crippen LogP contribution >= 0.6 is 0 Å². The second kappa shape index (κ2) is 9.12. The van der Waals surface area contributed by atoms with E-state index in [-0.39, 0.29) is 41.6 Å². The zero-order chi connectivity index (χ0) is 25.3. The first-order valence-corrected chi connectivity index (χ1v) is 10.4. The summed E-state index contributed by atoms with van der Waals surface area (Å²) in [6.45, 7) is 1.79. The number of pyridine rings is 1. The quantitative estimate of drug-likeness (QED) is 0.507. The molecule has 182 valence electrons. The van der Waals surface area contributed by atoms with Crippen molar-refractivity contribution in [2.75, 3.05) is 13.6 Å². The summed E-state index contributed by atoms with van der Waals surface area (Å²) in [6.07, 6.45) is 0.0451. The van der Waals surface area contributed by atoms with E-state index in [1.807, 2.05) is 0 Å². The number of hydrogen-bond donors (Lipinski definition) is 3. The molecule has 35 heavy (non-hydrogen) atoms. The smallest absolute Gasteiger partial charge is 0.386 e. The average molecular weight is 487 g/mol. The highest BCUT2D eigenvalue weighted by Gasteiger charge is 2.36. The highest BCUT2D eigenvalue weighted by Crippen LogP contribution is 2.30. The first-order valence-electron chi connectivity index (χ1n) is 10.4. The Morgan fingerprint density at radius 2 is 2.09 bits per heavy atom. The number of alkyl halides is 3. The molecule has 1 amide bonds. The summed E-state index contributed by atoms with van der Waals surface area (Å²) in [5.41, 5.74) is -0.726. The van der Waals surface area contributed by atoms with Crippen LogP contribution in [0.4, 0.5) is 13.2 Å². The number of nitrogens with one attached hydrogen (secondary N) is 3. The number of halogens is 3. The minimum absolute atomic E-state index is 0.0344. The summed E-state index contributed by atoms with van der Waals surface area (Å²) in [6, 6.07) is 2.41. The van der Waals surface area contributed by atoms with Gasteiger partial charge < -0.3 is 20.6 Å². The Morgan fingerprint density at radius 3 is 2.77 bits per heavy atom. The summed E-state index contributed by atoms with van der Waals surface area (Å²) in [5, 5.41) is 15.5. The van der Waals surface area contributed by atoms with Crippen molar-refractivity contribution in [3.8, 4) is 5.69 Å². The van der Waals surface area contributed by atoms with Crippen LogP contribution in [-0.4, -0.2) is 65.9 Å². The fourth-order valence-electron chi connectivity index (χ4n) is 3.76. The number of hydrogen-bond acceptors (Lipinski definition) is 8. The Hall–Kier alpha value is -4.36. The number of piperidine rings is 1. The molecule has 3 N–H and O–H groups in total. The summed E-state index contributed by atoms with van der Waals surface area (Å²) in [5.74, 6) is -0.699. The van der Waals surface area contributed by atoms with Gasteiger partial charge >= 0.3 is 6.18 Å². The Kier molecular flexibility index (Phi) is 6.20. The van der Waals surface area contributed by atoms with Crippen molar-refractivity contribution < 1.29 is 18.0 Å². The number of likely N-dealkylation sites (tertiary alicyclic amines) is 1. The first-order chi connectivity index (χ1) is 16.6. The maximum atomic E-state index is 13.1. The highest BCUT2D eigenvalue weighted by molar-refractivity contribution is 6.09. The van der Waals surface area contributed by atoms with E-state index >= 15 is 0 Å². The van der Waals surface area contributed by atoms with Crippen molar-refractivity contribution in [2.24, 2.45) is 0 Å². The monoisotopic (exact) mass is 487 g/mol. The van der Waals surface area contributed by atoms with Crippen LogP contribution in [-0.2, 0) is 6.18 Å². The molecule has 11 nitrogen and oxygen atoms in total. The van der Waals surface area contributed by atoms with Gasteiger partial charge in [-0.15, -0.1) is 5.10 Å². The third kappa shape index (κ3) is 4.54. The molecule has 1 saturated heterocycles. The topological polar surface area (TPSA) is 146 Å². The third-order valence-corrected chi connectivity index (χ3v) is 5.53. The van der Waals surface area contributed by atoms with E-state index in [2.05, 4.69) is 30.4 Å². The molecule has 14 heteroatoms. The van der Waals surface area contributed by atoms with Gasteiger partial charge in [-0.05, 0) is 25.5 Å². The van der Waals surface area contributed by atoms with Crippen molar-refractivity contribution >= 4 is 17.3 Å². The van der Waals surface area contributed by atoms with Gasteiger partial charge in [0, 0.05) is 25.4 Å². The lowest BCUT2D eigenvalue weighted by Gasteiger charge is -2.35. The van der Waals surface area contributed by atoms with Crippen molar-refractivity contribution in [2.45, 2.75) is 25.6 Å². The zero-order valence-corrected chi connectivity index (χ0v) is 18.6. The molecule has 1 aliphatic heterocycles. The van der Waals surface area contributed by atoms with E-state index in [9.17, 15) is 22.8 Å². The van der Waals surface area contributed by atoms with Crippen molar-refractivity contribution in [3.63, 3.8) is 0 Å². The molecule has 0 bridgehead atoms. The largest absolute Gasteiger partial charge is 0.434 e. The molecule has 0 aliphatic carbocycles. The van der Waals surface area contributed by atoms with E-state index in [1.54, 1.807) is 13.0 Å². The number of aromatic amines is 1. The van der Waals surface area contributed by atoms with Gasteiger partial charge in [0.05, 0.1) is 29.8 Å². The lowest BCUT2D eigenvalue weighted by molar-refractivity contribution is -0.141. The molecule has 4 heterocycles. The number of amides is 1. The van der Waals surface area contributed by atoms with Gasteiger partial charge in [0.1, 0.15) is 17.7 Å². The number of carbonyl (C=O) groups is 1. The molecular formula is C21H20F3N9O2. The van der Waals surface area contributed by atoms with Crippen LogP contribution in [0.3, 0.4) is 0 Å². The van der Waals surface area contributed by atoms with Crippen LogP contribution in [0.5, 0.6) is 0 Å². The first kappa shape index (κ1) is 23.8. The van der Waals surface area contributed by atoms with Crippen LogP contribution in [0.1, 0.15) is 35.4 Å². The molecule has 1 fully saturated rings. The fraction of sp³-hybridized carbons (Fsp3) is 0.286. The second-order valence-corrected chi connectivity index (χ2v) is 7.63. The number of nitrogens with zero attached hydrogens (tertiary/aromatic N) is 6. The highest BCUT2D eigenvalue weighted by atomic mass is 19.4. The molecule has 1 aliphatic rings. The minimum atomic E-state index is -4.66. The molecule has 0 saturated carbocycles. The fourth-order valence-corrected chi connectivity index (χ4v) is 3.76. The van der Waals surface area contributed by atoms with Gasteiger partial charge in [-0.3, -0.25) is 14.6 Å². The molecule has 0 spiro atoms. The van der Waals surface area contributed by atoms with E-state index in [1.165, 1.54) is 41.4 Å². The molecule has 3 aromatic heterocycles. The SMILES string of the molecule is CN/C(=C1/CCN(C(=O)c2ncn(-c3ccc[nH]c3=O)n2)[C@@H](C)C1=N)c1cncc(C(F)(F)F)n1. The molecule has 3 aromatic rings. The number of H-pyrrole nitrogens is 1. The molecule has 1 atom stereocenters. The normalized spacial score (nSPS) is 17.9. The summed E-state index contributed by atoms with van der Waals surface area (Å²) < 4.78 is 40.5. The predicted octanol–water partition coefficient (Wildman–Crippen LogP) is 1.65. The Bertz CT molecular complexity index is 1380. The third-order valence-electron chi connectivity index (χ3n) is 5.53. The van der Waals surface area contributed by atoms with E-state index in [0.717, 1.165) is 0 Å². The van der Waals surface area contributed by atoms with E-state index in [4.69, 9.17) is 5.41 Å². The van der Waals surface area contributed by atoms with Crippen molar-refractivity contribution in [3.05, 3.63) is 70.2 Å². The predicted molar refractivity (Wildman–Crippen MR) is 118 cm³/mol. The standard InChI is InChI=1S/C21H20F3N9O2/c1-11-16(25)12(17(26-2)13-8-27-9-15(30-13)21(22,23)24)5-7-32(11)20(35)18-29-10-33(31-18)14-4-3-6-28-19(14)34/h3-4,6,8-11,25-26H,5,7H2,1-2H3,(H,28,34)/b17-12-,25-16?/t11-/m0/s1. The van der Waals surface area contributed by atoms with Crippen LogP contribution < -0.4 is 10.9 Å². The van der Waals surface area contributed by atoms with Gasteiger partial charge in [0.15, 0.2) is 5.69 Å². The Labute approximate surface area is 196 Å². The van der Waals surface area contributed by atoms with Gasteiger partial charge in [-0.2, -0.15) is 13.2 Å². The van der Waals surface area contributed by atoms with Crippen LogP contribution in [0.15, 0.2) is 47.4 Å². The van der Waals surface area contributed by atoms with Crippen LogP contribution in [0, 0.1) is 5.41 Å². The number of rotatable bonds is 4. The van der Waals surface area contributed by atoms with Gasteiger partial charge in [-0.25, -0.2) is 14.6 Å². The zero-order valence-electron chi connectivity index (χ0n) is 18.6. The maximum Gasteiger partial charge on any atom is 0.434 e. The summed E-state index contributed by atoms with van der Waals surface area (Å²) in [7, 11) is 1.52. The molecule has 4 rings (SSSR count). The lowest BCUT2D eigenvalue weighted by atomic mass is 9.92. The van der Waals surface area contributed by atoms with Crippen molar-refractivity contribution in [1.82, 2.24) is 39.9 Å². The summed E-state index contributed by atoms with van der Waals surface area (Å²) >= 11 is 0. The lowest BCUT2D eigenvalue weighted by Crippen LogP contribution is -2.48. The van der Waals surface area contributed by atoms with Gasteiger partial charge in [0.25, 0.3) is 11.5 Å². The van der Waals surface area contributed by atoms with E-state index in [0.29, 0.717) is 11.8 Å². The van der Waals surface area contributed by atoms with Gasteiger partial charge in [-0.1, -0.05) is 0 Å². The minimum Gasteiger partial charge on any atom is -0.386 e. The van der Waals surface area contributed by atoms with Gasteiger partial charge in [0.2, 0.25) is 5.82 Å². The van der Waals surface area contributed by atoms with Crippen molar-refractivity contribution in [1.29, 1.82) is 5.41 Å². The van der Waals surface area contributed by atoms with E-state index < -0.39 is 29.4 Å². The number of aromatic nitrogens is 6. The van der Waals surface area contributed by atoms with Crippen LogP contribution in [0.25, 0.3) is 11.4 Å². The molecule has 0 unspecified atom stereocenters. The number of carbonyl (C=O) groups excluding carboxylic acids is 1. The second-order valence-electron chi connectivity index (χ2n) is 7.63. The molecular weight excluding hydrogens is 467 g/mol. The Morgan fingerprint density at radius 1 is 1.31 bits per heavy atom. The average Bonchev–Trinajstić information content (AvgIpc) is 3.32.